The minimum atomic E-state index is 0.0218. The number of hydrogen-bond donors (Lipinski definition) is 2. The Kier molecular flexibility index (Phi) is 4.52. The van der Waals surface area contributed by atoms with Crippen LogP contribution in [0.5, 0.6) is 0 Å². The van der Waals surface area contributed by atoms with Crippen LogP contribution in [0.4, 0.5) is 5.82 Å². The summed E-state index contributed by atoms with van der Waals surface area (Å²) < 4.78 is 0. The number of nitrogens with zero attached hydrogens (tertiary/aromatic N) is 1. The van der Waals surface area contributed by atoms with Crippen molar-refractivity contribution in [2.75, 3.05) is 17.3 Å². The Morgan fingerprint density at radius 2 is 2.50 bits per heavy atom. The Hall–Kier alpha value is -0.970. The monoisotopic (exact) mass is 213 g/mol. The van der Waals surface area contributed by atoms with E-state index in [2.05, 4.69) is 15.5 Å². The zero-order valence-electron chi connectivity index (χ0n) is 8.46. The van der Waals surface area contributed by atoms with Gasteiger partial charge in [0, 0.05) is 23.9 Å². The van der Waals surface area contributed by atoms with Gasteiger partial charge < -0.3 is 5.32 Å². The van der Waals surface area contributed by atoms with Crippen molar-refractivity contribution in [2.45, 2.75) is 19.8 Å². The van der Waals surface area contributed by atoms with Crippen molar-refractivity contribution in [1.29, 1.82) is 0 Å². The first kappa shape index (κ1) is 11.1. The van der Waals surface area contributed by atoms with Crippen molar-refractivity contribution >= 4 is 23.5 Å². The summed E-state index contributed by atoms with van der Waals surface area (Å²) >= 11 is 1.66. The molecule has 0 aliphatic heterocycles. The number of nitrogens with one attached hydrogen (secondary N) is 2. The fourth-order valence-corrected chi connectivity index (χ4v) is 1.40. The summed E-state index contributed by atoms with van der Waals surface area (Å²) in [6.45, 7) is 2.03. The van der Waals surface area contributed by atoms with Crippen LogP contribution in [0, 0.1) is 0 Å². The molecule has 0 aliphatic carbocycles. The predicted molar refractivity (Wildman–Crippen MR) is 59.6 cm³/mol. The van der Waals surface area contributed by atoms with Crippen LogP contribution in [0.3, 0.4) is 0 Å². The number of aryl methyl sites for hydroxylation is 1. The summed E-state index contributed by atoms with van der Waals surface area (Å²) in [5.74, 6) is 1.48. The van der Waals surface area contributed by atoms with Gasteiger partial charge in [-0.15, -0.1) is 0 Å². The van der Waals surface area contributed by atoms with Gasteiger partial charge in [0.25, 0.3) is 0 Å². The molecule has 1 heterocycles. The second-order valence-corrected chi connectivity index (χ2v) is 3.91. The normalized spacial score (nSPS) is 10.1. The summed E-state index contributed by atoms with van der Waals surface area (Å²) in [7, 11) is 0. The molecule has 0 fully saturated rings. The maximum Gasteiger partial charge on any atom is 0.226 e. The summed E-state index contributed by atoms with van der Waals surface area (Å²) in [6, 6.07) is 1.86. The molecule has 5 heteroatoms. The van der Waals surface area contributed by atoms with E-state index in [0.717, 1.165) is 17.9 Å². The maximum absolute atomic E-state index is 11.3. The van der Waals surface area contributed by atoms with E-state index in [9.17, 15) is 4.79 Å². The van der Waals surface area contributed by atoms with Crippen molar-refractivity contribution < 1.29 is 4.79 Å². The molecule has 0 bridgehead atoms. The molecular formula is C9H15N3OS. The third kappa shape index (κ3) is 3.41. The predicted octanol–water partition coefficient (Wildman–Crippen LogP) is 1.66. The Morgan fingerprint density at radius 1 is 1.71 bits per heavy atom. The van der Waals surface area contributed by atoms with Gasteiger partial charge >= 0.3 is 0 Å². The lowest BCUT2D eigenvalue weighted by atomic mass is 10.3. The topological polar surface area (TPSA) is 57.8 Å². The van der Waals surface area contributed by atoms with Gasteiger partial charge in [-0.05, 0) is 12.7 Å². The number of carbonyl (C=O) groups excluding carboxylic acids is 1. The first-order chi connectivity index (χ1) is 6.76. The third-order valence-electron chi connectivity index (χ3n) is 1.81. The quantitative estimate of drug-likeness (QED) is 0.782. The van der Waals surface area contributed by atoms with Crippen LogP contribution < -0.4 is 5.32 Å². The lowest BCUT2D eigenvalue weighted by Crippen LogP contribution is -2.12. The van der Waals surface area contributed by atoms with Crippen molar-refractivity contribution in [1.82, 2.24) is 10.2 Å². The summed E-state index contributed by atoms with van der Waals surface area (Å²) in [6.07, 6.45) is 3.42. The Labute approximate surface area is 87.9 Å². The van der Waals surface area contributed by atoms with E-state index in [1.165, 1.54) is 0 Å². The smallest absolute Gasteiger partial charge is 0.226 e. The number of hydrogen-bond acceptors (Lipinski definition) is 3. The molecule has 0 atom stereocenters. The van der Waals surface area contributed by atoms with Crippen LogP contribution in [0.15, 0.2) is 6.07 Å². The number of anilines is 1. The molecule has 0 spiro atoms. The number of rotatable bonds is 5. The zero-order chi connectivity index (χ0) is 10.4. The Morgan fingerprint density at radius 3 is 3.07 bits per heavy atom. The van der Waals surface area contributed by atoms with Gasteiger partial charge in [0.15, 0.2) is 5.82 Å². The van der Waals surface area contributed by atoms with Gasteiger partial charge in [-0.1, -0.05) is 6.92 Å². The molecule has 0 saturated heterocycles. The number of aromatic amines is 1. The Balaban J connectivity index is 2.39. The molecule has 0 aromatic carbocycles. The molecule has 2 N–H and O–H groups in total. The van der Waals surface area contributed by atoms with Crippen LogP contribution in [-0.4, -0.2) is 28.1 Å². The van der Waals surface area contributed by atoms with E-state index in [1.54, 1.807) is 11.8 Å². The van der Waals surface area contributed by atoms with E-state index in [0.29, 0.717) is 12.2 Å². The standard InChI is InChI=1S/C9H15N3OS/c1-3-7-6-8(12-11-7)10-9(13)4-5-14-2/h6H,3-5H2,1-2H3,(H2,10,11,12,13). The van der Waals surface area contributed by atoms with Gasteiger partial charge in [0.05, 0.1) is 0 Å². The Bertz CT molecular complexity index is 298. The van der Waals surface area contributed by atoms with E-state index in [1.807, 2.05) is 19.2 Å². The lowest BCUT2D eigenvalue weighted by Gasteiger charge is -1.98. The molecule has 14 heavy (non-hydrogen) atoms. The highest BCUT2D eigenvalue weighted by Gasteiger charge is 2.04. The third-order valence-corrected chi connectivity index (χ3v) is 2.42. The molecule has 0 saturated carbocycles. The number of amides is 1. The SMILES string of the molecule is CCc1cc(NC(=O)CCSC)n[nH]1. The van der Waals surface area contributed by atoms with E-state index < -0.39 is 0 Å². The van der Waals surface area contributed by atoms with Crippen molar-refractivity contribution in [2.24, 2.45) is 0 Å². The summed E-state index contributed by atoms with van der Waals surface area (Å²) in [5, 5.41) is 9.56. The molecular weight excluding hydrogens is 198 g/mol. The van der Waals surface area contributed by atoms with Crippen LogP contribution in [0.2, 0.25) is 0 Å². The molecule has 0 unspecified atom stereocenters. The first-order valence-electron chi connectivity index (χ1n) is 4.59. The van der Waals surface area contributed by atoms with Crippen LogP contribution in [0.1, 0.15) is 19.0 Å². The molecule has 0 aliphatic rings. The van der Waals surface area contributed by atoms with Crippen LogP contribution in [-0.2, 0) is 11.2 Å². The van der Waals surface area contributed by atoms with E-state index in [4.69, 9.17) is 0 Å². The average molecular weight is 213 g/mol. The molecule has 0 radical (unpaired) electrons. The van der Waals surface area contributed by atoms with Gasteiger partial charge in [-0.25, -0.2) is 0 Å². The van der Waals surface area contributed by atoms with Crippen molar-refractivity contribution in [3.8, 4) is 0 Å². The minimum Gasteiger partial charge on any atom is -0.309 e. The fraction of sp³-hybridized carbons (Fsp3) is 0.556. The van der Waals surface area contributed by atoms with Crippen molar-refractivity contribution in [3.63, 3.8) is 0 Å². The molecule has 1 aromatic rings. The maximum atomic E-state index is 11.3. The van der Waals surface area contributed by atoms with Gasteiger partial charge in [0.2, 0.25) is 5.91 Å². The van der Waals surface area contributed by atoms with Crippen LogP contribution in [0.25, 0.3) is 0 Å². The molecule has 1 aromatic heterocycles. The van der Waals surface area contributed by atoms with E-state index in [-0.39, 0.29) is 5.91 Å². The molecule has 4 nitrogen and oxygen atoms in total. The highest BCUT2D eigenvalue weighted by molar-refractivity contribution is 7.98. The zero-order valence-corrected chi connectivity index (χ0v) is 9.28. The van der Waals surface area contributed by atoms with Gasteiger partial charge in [0.1, 0.15) is 0 Å². The molecule has 1 amide bonds. The second-order valence-electron chi connectivity index (χ2n) is 2.92. The highest BCUT2D eigenvalue weighted by Crippen LogP contribution is 2.06. The highest BCUT2D eigenvalue weighted by atomic mass is 32.2. The number of aromatic nitrogens is 2. The number of thioether (sulfide) groups is 1. The second kappa shape index (κ2) is 5.70. The van der Waals surface area contributed by atoms with Crippen molar-refractivity contribution in [3.05, 3.63) is 11.8 Å². The number of carbonyl (C=O) groups is 1. The van der Waals surface area contributed by atoms with Gasteiger partial charge in [-0.3, -0.25) is 9.89 Å². The van der Waals surface area contributed by atoms with Crippen LogP contribution >= 0.6 is 11.8 Å². The van der Waals surface area contributed by atoms with Gasteiger partial charge in [-0.2, -0.15) is 16.9 Å². The van der Waals surface area contributed by atoms with E-state index >= 15 is 0 Å². The molecule has 1 rings (SSSR count). The number of H-pyrrole nitrogens is 1. The summed E-state index contributed by atoms with van der Waals surface area (Å²) in [5.41, 5.74) is 1.03. The fourth-order valence-electron chi connectivity index (χ4n) is 1.01. The average Bonchev–Trinajstić information content (AvgIpc) is 2.62. The lowest BCUT2D eigenvalue weighted by molar-refractivity contribution is -0.115. The molecule has 78 valence electrons. The largest absolute Gasteiger partial charge is 0.309 e. The minimum absolute atomic E-state index is 0.0218. The first-order valence-corrected chi connectivity index (χ1v) is 5.98. The summed E-state index contributed by atoms with van der Waals surface area (Å²) in [4.78, 5) is 11.3.